The van der Waals surface area contributed by atoms with Crippen molar-refractivity contribution in [1.82, 2.24) is 0 Å². The van der Waals surface area contributed by atoms with E-state index in [0.717, 1.165) is 5.56 Å². The van der Waals surface area contributed by atoms with Gasteiger partial charge in [-0.3, -0.25) is 0 Å². The normalized spacial score (nSPS) is 15.1. The molecule has 114 valence electrons. The maximum atomic E-state index is 6.75. The van der Waals surface area contributed by atoms with Crippen LogP contribution in [0.3, 0.4) is 0 Å². The molecule has 0 saturated heterocycles. The minimum absolute atomic E-state index is 0.557. The highest BCUT2D eigenvalue weighted by Gasteiger charge is 2.47. The lowest BCUT2D eigenvalue weighted by Crippen LogP contribution is -2.49. The first-order valence-electron chi connectivity index (χ1n) is 7.16. The zero-order valence-corrected chi connectivity index (χ0v) is 14.6. The Kier molecular flexibility index (Phi) is 7.19. The molecule has 5 heteroatoms. The van der Waals surface area contributed by atoms with Crippen molar-refractivity contribution in [3.05, 3.63) is 35.9 Å². The van der Waals surface area contributed by atoms with Crippen molar-refractivity contribution in [3.63, 3.8) is 0 Å². The van der Waals surface area contributed by atoms with Crippen LogP contribution in [0.5, 0.6) is 0 Å². The first-order valence-corrected chi connectivity index (χ1v) is 9.47. The predicted molar refractivity (Wildman–Crippen MR) is 85.1 cm³/mol. The van der Waals surface area contributed by atoms with Crippen LogP contribution in [0.4, 0.5) is 0 Å². The molecule has 0 aliphatic heterocycles. The van der Waals surface area contributed by atoms with E-state index in [1.165, 1.54) is 0 Å². The summed E-state index contributed by atoms with van der Waals surface area (Å²) in [5.41, 5.74) is 1.05. The molecule has 0 heterocycles. The van der Waals surface area contributed by atoms with E-state index >= 15 is 0 Å². The van der Waals surface area contributed by atoms with Gasteiger partial charge in [0.05, 0.1) is 4.87 Å². The van der Waals surface area contributed by atoms with Crippen molar-refractivity contribution in [2.75, 3.05) is 19.8 Å². The van der Waals surface area contributed by atoms with Gasteiger partial charge in [0.2, 0.25) is 0 Å². The van der Waals surface area contributed by atoms with Crippen LogP contribution in [0.1, 0.15) is 33.3 Å². The molecule has 0 fully saturated rings. The second-order valence-electron chi connectivity index (χ2n) is 4.72. The molecule has 0 aliphatic carbocycles. The molecule has 0 aromatic heterocycles. The Morgan fingerprint density at radius 1 is 0.950 bits per heavy atom. The maximum absolute atomic E-state index is 6.75. The maximum Gasteiger partial charge on any atom is 0.503 e. The van der Waals surface area contributed by atoms with E-state index < -0.39 is 13.7 Å². The largest absolute Gasteiger partial charge is 0.503 e. The third kappa shape index (κ3) is 4.86. The van der Waals surface area contributed by atoms with Gasteiger partial charge in [-0.05, 0) is 33.3 Å². The zero-order valence-electron chi connectivity index (χ0n) is 12.8. The van der Waals surface area contributed by atoms with Gasteiger partial charge in [0.1, 0.15) is 0 Å². The Labute approximate surface area is 128 Å². The summed E-state index contributed by atoms with van der Waals surface area (Å²) in [7, 11) is -2.75. The molecule has 0 N–H and O–H groups in total. The summed E-state index contributed by atoms with van der Waals surface area (Å²) in [6.07, 6.45) is 0. The molecular weight excluding hydrogens is 292 g/mol. The average molecular weight is 317 g/mol. The van der Waals surface area contributed by atoms with Crippen LogP contribution >= 0.6 is 11.6 Å². The molecule has 0 amide bonds. The number of benzene rings is 1. The Morgan fingerprint density at radius 2 is 1.40 bits per heavy atom. The highest BCUT2D eigenvalue weighted by atomic mass is 35.5. The van der Waals surface area contributed by atoms with Gasteiger partial charge in [-0.1, -0.05) is 30.3 Å². The van der Waals surface area contributed by atoms with Crippen LogP contribution in [0.2, 0.25) is 6.04 Å². The first kappa shape index (κ1) is 17.7. The van der Waals surface area contributed by atoms with Crippen LogP contribution in [0, 0.1) is 0 Å². The summed E-state index contributed by atoms with van der Waals surface area (Å²) in [6.45, 7) is 9.54. The van der Waals surface area contributed by atoms with Gasteiger partial charge >= 0.3 is 8.80 Å². The smallest absolute Gasteiger partial charge is 0.374 e. The SMILES string of the molecule is CCO[Si](CC(C)(Cl)c1ccccc1)(OCC)OCC. The molecule has 0 radical (unpaired) electrons. The molecule has 0 aliphatic rings. The quantitative estimate of drug-likeness (QED) is 0.505. The van der Waals surface area contributed by atoms with Crippen LogP contribution in [0.15, 0.2) is 30.3 Å². The lowest BCUT2D eigenvalue weighted by molar-refractivity contribution is 0.0687. The zero-order chi connectivity index (χ0) is 15.1. The molecule has 1 aromatic carbocycles. The van der Waals surface area contributed by atoms with Crippen molar-refractivity contribution in [1.29, 1.82) is 0 Å². The second kappa shape index (κ2) is 8.15. The summed E-state index contributed by atoms with van der Waals surface area (Å²) < 4.78 is 17.6. The van der Waals surface area contributed by atoms with E-state index in [4.69, 9.17) is 24.9 Å². The molecule has 1 unspecified atom stereocenters. The lowest BCUT2D eigenvalue weighted by Gasteiger charge is -2.34. The van der Waals surface area contributed by atoms with Crippen molar-refractivity contribution in [2.45, 2.75) is 38.6 Å². The van der Waals surface area contributed by atoms with Crippen molar-refractivity contribution in [2.24, 2.45) is 0 Å². The topological polar surface area (TPSA) is 27.7 Å². The van der Waals surface area contributed by atoms with Crippen molar-refractivity contribution < 1.29 is 13.3 Å². The van der Waals surface area contributed by atoms with Gasteiger partial charge in [-0.25, -0.2) is 0 Å². The minimum Gasteiger partial charge on any atom is -0.374 e. The number of alkyl halides is 1. The molecule has 1 rings (SSSR count). The van der Waals surface area contributed by atoms with Crippen LogP contribution < -0.4 is 0 Å². The molecule has 0 bridgehead atoms. The fraction of sp³-hybridized carbons (Fsp3) is 0.600. The van der Waals surface area contributed by atoms with Gasteiger partial charge in [0.25, 0.3) is 0 Å². The highest BCUT2D eigenvalue weighted by molar-refractivity contribution is 6.62. The molecule has 0 saturated carbocycles. The Morgan fingerprint density at radius 3 is 1.80 bits per heavy atom. The second-order valence-corrected chi connectivity index (χ2v) is 8.14. The molecule has 20 heavy (non-hydrogen) atoms. The summed E-state index contributed by atoms with van der Waals surface area (Å²) in [6, 6.07) is 10.6. The van der Waals surface area contributed by atoms with E-state index in [0.29, 0.717) is 25.9 Å². The summed E-state index contributed by atoms with van der Waals surface area (Å²) in [5.74, 6) is 0. The Hall–Kier alpha value is -0.393. The van der Waals surface area contributed by atoms with Gasteiger partial charge < -0.3 is 13.3 Å². The van der Waals surface area contributed by atoms with Crippen LogP contribution in [0.25, 0.3) is 0 Å². The standard InChI is InChI=1S/C15H25ClO3Si/c1-5-17-20(18-6-2,19-7-3)13-15(4,16)14-11-9-8-10-12-14/h8-12H,5-7,13H2,1-4H3. The molecular formula is C15H25ClO3Si. The predicted octanol–water partition coefficient (Wildman–Crippen LogP) is 4.19. The Bertz CT molecular complexity index is 367. The van der Waals surface area contributed by atoms with E-state index in [1.807, 2.05) is 58.0 Å². The number of halogens is 1. The summed E-state index contributed by atoms with van der Waals surface area (Å²) in [5, 5.41) is 0. The first-order chi connectivity index (χ1) is 9.49. The van der Waals surface area contributed by atoms with E-state index in [-0.39, 0.29) is 0 Å². The van der Waals surface area contributed by atoms with E-state index in [1.54, 1.807) is 0 Å². The third-order valence-corrected chi connectivity index (χ3v) is 6.92. The van der Waals surface area contributed by atoms with E-state index in [2.05, 4.69) is 0 Å². The van der Waals surface area contributed by atoms with Crippen LogP contribution in [-0.4, -0.2) is 28.6 Å². The number of hydrogen-bond donors (Lipinski definition) is 0. The summed E-state index contributed by atoms with van der Waals surface area (Å²) >= 11 is 6.75. The number of hydrogen-bond acceptors (Lipinski definition) is 3. The highest BCUT2D eigenvalue weighted by Crippen LogP contribution is 2.38. The summed E-state index contributed by atoms with van der Waals surface area (Å²) in [4.78, 5) is -0.563. The molecule has 0 spiro atoms. The molecule has 3 nitrogen and oxygen atoms in total. The lowest BCUT2D eigenvalue weighted by atomic mass is 10.0. The third-order valence-electron chi connectivity index (χ3n) is 3.02. The van der Waals surface area contributed by atoms with Gasteiger partial charge in [-0.15, -0.1) is 11.6 Å². The molecule has 1 atom stereocenters. The van der Waals surface area contributed by atoms with Crippen molar-refractivity contribution in [3.8, 4) is 0 Å². The van der Waals surface area contributed by atoms with Crippen LogP contribution in [-0.2, 0) is 18.2 Å². The average Bonchev–Trinajstić information content (AvgIpc) is 2.40. The fourth-order valence-electron chi connectivity index (χ4n) is 2.23. The number of rotatable bonds is 9. The van der Waals surface area contributed by atoms with E-state index in [9.17, 15) is 0 Å². The monoisotopic (exact) mass is 316 g/mol. The Balaban J connectivity index is 2.97. The van der Waals surface area contributed by atoms with Gasteiger partial charge in [-0.2, -0.15) is 0 Å². The van der Waals surface area contributed by atoms with Crippen molar-refractivity contribution >= 4 is 20.4 Å². The molecule has 1 aromatic rings. The van der Waals surface area contributed by atoms with Gasteiger partial charge in [0, 0.05) is 25.9 Å². The minimum atomic E-state index is -2.75. The fourth-order valence-corrected chi connectivity index (χ4v) is 5.74. The van der Waals surface area contributed by atoms with Gasteiger partial charge in [0.15, 0.2) is 0 Å².